The molecule has 3 nitrogen and oxygen atoms in total. The van der Waals surface area contributed by atoms with Crippen LogP contribution < -0.4 is 14.8 Å². The second-order valence-corrected chi connectivity index (χ2v) is 6.69. The van der Waals surface area contributed by atoms with E-state index in [1.54, 1.807) is 0 Å². The van der Waals surface area contributed by atoms with Crippen molar-refractivity contribution in [1.29, 1.82) is 0 Å². The number of halogens is 1. The van der Waals surface area contributed by atoms with Gasteiger partial charge in [-0.05, 0) is 60.3 Å². The predicted octanol–water partition coefficient (Wildman–Crippen LogP) is 5.06. The summed E-state index contributed by atoms with van der Waals surface area (Å²) in [6, 6.07) is 4.89. The predicted molar refractivity (Wildman–Crippen MR) is 94.8 cm³/mol. The standard InChI is InChI=1S/C18H28BrNO2/c1-3-21-17-12-14(11-16(19)18(17)22-4-2)13-20-15-9-7-5-6-8-10-15/h11-12,15,20H,3-10,13H2,1-2H3. The molecule has 1 saturated carbocycles. The highest BCUT2D eigenvalue weighted by atomic mass is 79.9. The van der Waals surface area contributed by atoms with Gasteiger partial charge in [-0.25, -0.2) is 0 Å². The van der Waals surface area contributed by atoms with E-state index in [0.29, 0.717) is 19.3 Å². The fourth-order valence-corrected chi connectivity index (χ4v) is 3.62. The Kier molecular flexibility index (Phi) is 7.53. The molecule has 2 rings (SSSR count). The summed E-state index contributed by atoms with van der Waals surface area (Å²) in [6.45, 7) is 6.16. The Bertz CT molecular complexity index is 457. The van der Waals surface area contributed by atoms with Crippen molar-refractivity contribution in [3.05, 3.63) is 22.2 Å². The molecular formula is C18H28BrNO2. The molecular weight excluding hydrogens is 342 g/mol. The van der Waals surface area contributed by atoms with Crippen LogP contribution >= 0.6 is 15.9 Å². The van der Waals surface area contributed by atoms with E-state index in [2.05, 4.69) is 33.4 Å². The molecule has 0 amide bonds. The lowest BCUT2D eigenvalue weighted by Gasteiger charge is -2.18. The van der Waals surface area contributed by atoms with Gasteiger partial charge in [0.05, 0.1) is 17.7 Å². The lowest BCUT2D eigenvalue weighted by atomic mass is 10.1. The highest BCUT2D eigenvalue weighted by Crippen LogP contribution is 2.37. The van der Waals surface area contributed by atoms with Crippen LogP contribution in [0, 0.1) is 0 Å². The lowest BCUT2D eigenvalue weighted by molar-refractivity contribution is 0.286. The van der Waals surface area contributed by atoms with Gasteiger partial charge in [0.15, 0.2) is 11.5 Å². The summed E-state index contributed by atoms with van der Waals surface area (Å²) in [5, 5.41) is 3.71. The second-order valence-electron chi connectivity index (χ2n) is 5.84. The van der Waals surface area contributed by atoms with Crippen LogP contribution in [0.1, 0.15) is 57.9 Å². The van der Waals surface area contributed by atoms with Crippen LogP contribution in [0.15, 0.2) is 16.6 Å². The Balaban J connectivity index is 2.03. The van der Waals surface area contributed by atoms with Crippen LogP contribution in [0.25, 0.3) is 0 Å². The van der Waals surface area contributed by atoms with Crippen LogP contribution in [0.3, 0.4) is 0 Å². The third kappa shape index (κ3) is 5.17. The smallest absolute Gasteiger partial charge is 0.175 e. The fraction of sp³-hybridized carbons (Fsp3) is 0.667. The maximum atomic E-state index is 5.74. The Morgan fingerprint density at radius 1 is 1.05 bits per heavy atom. The molecule has 1 aliphatic rings. The van der Waals surface area contributed by atoms with Crippen LogP contribution in [-0.2, 0) is 6.54 Å². The zero-order valence-electron chi connectivity index (χ0n) is 13.8. The van der Waals surface area contributed by atoms with Gasteiger partial charge in [0, 0.05) is 12.6 Å². The number of ether oxygens (including phenoxy) is 2. The molecule has 1 N–H and O–H groups in total. The Morgan fingerprint density at radius 2 is 1.73 bits per heavy atom. The summed E-state index contributed by atoms with van der Waals surface area (Å²) in [5.74, 6) is 1.64. The van der Waals surface area contributed by atoms with E-state index in [4.69, 9.17) is 9.47 Å². The first kappa shape index (κ1) is 17.6. The SMILES string of the molecule is CCOc1cc(CNC2CCCCCC2)cc(Br)c1OCC. The van der Waals surface area contributed by atoms with Crippen LogP contribution in [-0.4, -0.2) is 19.3 Å². The molecule has 0 radical (unpaired) electrons. The highest BCUT2D eigenvalue weighted by molar-refractivity contribution is 9.10. The molecule has 0 aliphatic heterocycles. The quantitative estimate of drug-likeness (QED) is 0.681. The van der Waals surface area contributed by atoms with Gasteiger partial charge in [0.1, 0.15) is 0 Å². The van der Waals surface area contributed by atoms with E-state index in [9.17, 15) is 0 Å². The molecule has 124 valence electrons. The molecule has 0 spiro atoms. The summed E-state index contributed by atoms with van der Waals surface area (Å²) in [7, 11) is 0. The average molecular weight is 370 g/mol. The van der Waals surface area contributed by atoms with Gasteiger partial charge in [0.25, 0.3) is 0 Å². The van der Waals surface area contributed by atoms with Crippen LogP contribution in [0.4, 0.5) is 0 Å². The zero-order chi connectivity index (χ0) is 15.8. The largest absolute Gasteiger partial charge is 0.490 e. The molecule has 0 bridgehead atoms. The van der Waals surface area contributed by atoms with Gasteiger partial charge >= 0.3 is 0 Å². The van der Waals surface area contributed by atoms with E-state index in [1.807, 2.05) is 13.8 Å². The maximum absolute atomic E-state index is 5.74. The normalized spacial score (nSPS) is 16.3. The number of benzene rings is 1. The molecule has 1 aromatic carbocycles. The van der Waals surface area contributed by atoms with Crippen molar-refractivity contribution in [1.82, 2.24) is 5.32 Å². The monoisotopic (exact) mass is 369 g/mol. The molecule has 0 aromatic heterocycles. The first-order valence-electron chi connectivity index (χ1n) is 8.56. The summed E-state index contributed by atoms with van der Waals surface area (Å²) in [6.07, 6.45) is 8.10. The molecule has 1 aromatic rings. The molecule has 1 fully saturated rings. The van der Waals surface area contributed by atoms with Crippen molar-refractivity contribution >= 4 is 15.9 Å². The third-order valence-corrected chi connectivity index (χ3v) is 4.70. The second kappa shape index (κ2) is 9.41. The van der Waals surface area contributed by atoms with Crippen molar-refractivity contribution in [2.45, 2.75) is 65.0 Å². The molecule has 0 atom stereocenters. The molecule has 0 heterocycles. The van der Waals surface area contributed by atoms with Crippen molar-refractivity contribution < 1.29 is 9.47 Å². The van der Waals surface area contributed by atoms with Crippen molar-refractivity contribution in [2.24, 2.45) is 0 Å². The molecule has 1 aliphatic carbocycles. The number of hydrogen-bond acceptors (Lipinski definition) is 3. The van der Waals surface area contributed by atoms with Gasteiger partial charge in [-0.2, -0.15) is 0 Å². The van der Waals surface area contributed by atoms with Crippen molar-refractivity contribution in [3.8, 4) is 11.5 Å². The zero-order valence-corrected chi connectivity index (χ0v) is 15.4. The van der Waals surface area contributed by atoms with Gasteiger partial charge in [-0.3, -0.25) is 0 Å². The third-order valence-electron chi connectivity index (χ3n) is 4.11. The van der Waals surface area contributed by atoms with Gasteiger partial charge in [-0.1, -0.05) is 25.7 Å². The summed E-state index contributed by atoms with van der Waals surface area (Å²) < 4.78 is 12.4. The van der Waals surface area contributed by atoms with Gasteiger partial charge in [-0.15, -0.1) is 0 Å². The summed E-state index contributed by atoms with van der Waals surface area (Å²) in [5.41, 5.74) is 1.24. The molecule has 0 saturated heterocycles. The van der Waals surface area contributed by atoms with Crippen LogP contribution in [0.2, 0.25) is 0 Å². The number of nitrogens with one attached hydrogen (secondary N) is 1. The molecule has 0 unspecified atom stereocenters. The van der Waals surface area contributed by atoms with Crippen LogP contribution in [0.5, 0.6) is 11.5 Å². The van der Waals surface area contributed by atoms with Crippen molar-refractivity contribution in [2.75, 3.05) is 13.2 Å². The molecule has 4 heteroatoms. The minimum atomic E-state index is 0.637. The summed E-state index contributed by atoms with van der Waals surface area (Å²) >= 11 is 3.61. The lowest BCUT2D eigenvalue weighted by Crippen LogP contribution is -2.27. The molecule has 22 heavy (non-hydrogen) atoms. The first-order chi connectivity index (χ1) is 10.7. The number of hydrogen-bond donors (Lipinski definition) is 1. The van der Waals surface area contributed by atoms with E-state index in [-0.39, 0.29) is 0 Å². The van der Waals surface area contributed by atoms with E-state index >= 15 is 0 Å². The Morgan fingerprint density at radius 3 is 2.36 bits per heavy atom. The van der Waals surface area contributed by atoms with E-state index in [1.165, 1.54) is 44.1 Å². The highest BCUT2D eigenvalue weighted by Gasteiger charge is 2.14. The maximum Gasteiger partial charge on any atom is 0.175 e. The topological polar surface area (TPSA) is 30.5 Å². The van der Waals surface area contributed by atoms with Gasteiger partial charge < -0.3 is 14.8 Å². The minimum absolute atomic E-state index is 0.637. The van der Waals surface area contributed by atoms with E-state index < -0.39 is 0 Å². The minimum Gasteiger partial charge on any atom is -0.490 e. The average Bonchev–Trinajstić information content (AvgIpc) is 2.77. The fourth-order valence-electron chi connectivity index (χ4n) is 3.02. The first-order valence-corrected chi connectivity index (χ1v) is 9.35. The van der Waals surface area contributed by atoms with E-state index in [0.717, 1.165) is 22.5 Å². The van der Waals surface area contributed by atoms with Gasteiger partial charge in [0.2, 0.25) is 0 Å². The number of rotatable bonds is 7. The Labute approximate surface area is 142 Å². The van der Waals surface area contributed by atoms with Crippen molar-refractivity contribution in [3.63, 3.8) is 0 Å². The summed E-state index contributed by atoms with van der Waals surface area (Å²) in [4.78, 5) is 0. The Hall–Kier alpha value is -0.740.